The number of furan rings is 1. The summed E-state index contributed by atoms with van der Waals surface area (Å²) in [4.78, 5) is 18.0. The van der Waals surface area contributed by atoms with Gasteiger partial charge in [-0.15, -0.1) is 0 Å². The number of fused-ring (bicyclic) bond motifs is 1. The van der Waals surface area contributed by atoms with Crippen molar-refractivity contribution in [1.82, 2.24) is 15.0 Å². The van der Waals surface area contributed by atoms with Crippen molar-refractivity contribution in [1.29, 1.82) is 0 Å². The molecule has 0 radical (unpaired) electrons. The molecule has 0 unspecified atom stereocenters. The molecule has 0 amide bonds. The van der Waals surface area contributed by atoms with Gasteiger partial charge in [-0.1, -0.05) is 18.0 Å². The second kappa shape index (κ2) is 5.81. The third-order valence-electron chi connectivity index (χ3n) is 5.03. The van der Waals surface area contributed by atoms with Crippen LogP contribution in [0.4, 0.5) is 0 Å². The summed E-state index contributed by atoms with van der Waals surface area (Å²) < 4.78 is 10.6. The fourth-order valence-corrected chi connectivity index (χ4v) is 4.00. The number of hydrogen-bond donors (Lipinski definition) is 1. The normalized spacial score (nSPS) is 27.9. The average molecular weight is 317 g/mol. The van der Waals surface area contributed by atoms with Crippen LogP contribution >= 0.6 is 0 Å². The predicted molar refractivity (Wildman–Crippen MR) is 79.3 cm³/mol. The molecule has 2 aliphatic rings. The number of aromatic nitrogens is 2. The third-order valence-corrected chi connectivity index (χ3v) is 5.03. The van der Waals surface area contributed by atoms with Crippen LogP contribution in [-0.2, 0) is 11.3 Å². The predicted octanol–water partition coefficient (Wildman–Crippen LogP) is 2.55. The summed E-state index contributed by atoms with van der Waals surface area (Å²) in [6.07, 6.45) is 6.80. The number of nitrogens with zero attached hydrogens (tertiary/aromatic N) is 3. The van der Waals surface area contributed by atoms with Crippen LogP contribution in [0.3, 0.4) is 0 Å². The number of aliphatic carboxylic acids is 1. The number of carbonyl (C=O) groups is 1. The Morgan fingerprint density at radius 3 is 3.04 bits per heavy atom. The number of likely N-dealkylation sites (tertiary alicyclic amines) is 1. The van der Waals surface area contributed by atoms with E-state index in [9.17, 15) is 9.90 Å². The van der Waals surface area contributed by atoms with Gasteiger partial charge in [0.15, 0.2) is 5.76 Å². The van der Waals surface area contributed by atoms with Crippen molar-refractivity contribution in [3.05, 3.63) is 24.3 Å². The van der Waals surface area contributed by atoms with Gasteiger partial charge in [0.1, 0.15) is 6.04 Å². The van der Waals surface area contributed by atoms with E-state index in [4.69, 9.17) is 8.94 Å². The Labute approximate surface area is 133 Å². The lowest BCUT2D eigenvalue weighted by Crippen LogP contribution is -2.41. The summed E-state index contributed by atoms with van der Waals surface area (Å²) in [7, 11) is 0. The number of carboxylic acid groups (broad SMARTS) is 1. The quantitative estimate of drug-likeness (QED) is 0.926. The molecule has 0 aromatic carbocycles. The van der Waals surface area contributed by atoms with Crippen LogP contribution in [0.5, 0.6) is 0 Å². The molecule has 1 aliphatic heterocycles. The maximum Gasteiger partial charge on any atom is 0.320 e. The van der Waals surface area contributed by atoms with Crippen LogP contribution in [0, 0.1) is 5.92 Å². The molecule has 1 saturated carbocycles. The van der Waals surface area contributed by atoms with Gasteiger partial charge in [-0.25, -0.2) is 0 Å². The molecule has 0 bridgehead atoms. The average Bonchev–Trinajstić information content (AvgIpc) is 3.26. The van der Waals surface area contributed by atoms with Crippen LogP contribution in [0.2, 0.25) is 0 Å². The second-order valence-corrected chi connectivity index (χ2v) is 6.36. The molecule has 1 N–H and O–H groups in total. The Bertz CT molecular complexity index is 681. The van der Waals surface area contributed by atoms with E-state index < -0.39 is 12.0 Å². The lowest BCUT2D eigenvalue weighted by Gasteiger charge is -2.31. The molecule has 7 heteroatoms. The standard InChI is InChI=1S/C16H19N3O4/c20-16(21)12-8-10-4-1-2-5-11(10)19(12)9-14-17-15(18-23-14)13-6-3-7-22-13/h3,6-7,10-12H,1-2,4-5,8-9H2,(H,20,21)/t10-,11-,12-/m0/s1. The van der Waals surface area contributed by atoms with Gasteiger partial charge in [-0.2, -0.15) is 4.98 Å². The minimum atomic E-state index is -0.759. The fourth-order valence-electron chi connectivity index (χ4n) is 4.00. The van der Waals surface area contributed by atoms with Crippen molar-refractivity contribution in [2.45, 2.75) is 50.7 Å². The molecular weight excluding hydrogens is 298 g/mol. The van der Waals surface area contributed by atoms with Gasteiger partial charge >= 0.3 is 5.97 Å². The van der Waals surface area contributed by atoms with Crippen LogP contribution < -0.4 is 0 Å². The first-order chi connectivity index (χ1) is 11.2. The molecule has 1 saturated heterocycles. The Morgan fingerprint density at radius 1 is 1.39 bits per heavy atom. The largest absolute Gasteiger partial charge is 0.480 e. The van der Waals surface area contributed by atoms with Gasteiger partial charge < -0.3 is 14.0 Å². The third kappa shape index (κ3) is 2.65. The van der Waals surface area contributed by atoms with Gasteiger partial charge in [-0.3, -0.25) is 9.69 Å². The Hall–Kier alpha value is -2.15. The minimum absolute atomic E-state index is 0.309. The highest BCUT2D eigenvalue weighted by molar-refractivity contribution is 5.74. The minimum Gasteiger partial charge on any atom is -0.480 e. The van der Waals surface area contributed by atoms with E-state index in [1.54, 1.807) is 18.4 Å². The molecule has 2 aromatic heterocycles. The maximum atomic E-state index is 11.6. The molecule has 122 valence electrons. The fraction of sp³-hybridized carbons (Fsp3) is 0.562. The Morgan fingerprint density at radius 2 is 2.26 bits per heavy atom. The zero-order chi connectivity index (χ0) is 15.8. The number of carboxylic acids is 1. The number of rotatable bonds is 4. The lowest BCUT2D eigenvalue weighted by atomic mass is 9.85. The van der Waals surface area contributed by atoms with Gasteiger partial charge in [0.2, 0.25) is 11.7 Å². The van der Waals surface area contributed by atoms with Crippen molar-refractivity contribution >= 4 is 5.97 Å². The summed E-state index contributed by atoms with van der Waals surface area (Å²) in [5.74, 6) is 1.10. The van der Waals surface area contributed by atoms with Gasteiger partial charge in [0.25, 0.3) is 0 Å². The zero-order valence-electron chi connectivity index (χ0n) is 12.7. The van der Waals surface area contributed by atoms with Crippen molar-refractivity contribution in [2.75, 3.05) is 0 Å². The maximum absolute atomic E-state index is 11.6. The monoisotopic (exact) mass is 317 g/mol. The summed E-state index contributed by atoms with van der Waals surface area (Å²) in [5, 5.41) is 13.5. The molecule has 23 heavy (non-hydrogen) atoms. The number of hydrogen-bond acceptors (Lipinski definition) is 6. The molecule has 2 aromatic rings. The first-order valence-corrected chi connectivity index (χ1v) is 8.07. The van der Waals surface area contributed by atoms with Crippen molar-refractivity contribution in [2.24, 2.45) is 5.92 Å². The summed E-state index contributed by atoms with van der Waals surface area (Å²) >= 11 is 0. The van der Waals surface area contributed by atoms with Crippen LogP contribution in [-0.4, -0.2) is 38.2 Å². The van der Waals surface area contributed by atoms with Crippen molar-refractivity contribution in [3.8, 4) is 11.6 Å². The van der Waals surface area contributed by atoms with Crippen LogP contribution in [0.15, 0.2) is 27.3 Å². The summed E-state index contributed by atoms with van der Waals surface area (Å²) in [5.41, 5.74) is 0. The highest BCUT2D eigenvalue weighted by Crippen LogP contribution is 2.40. The molecule has 2 fully saturated rings. The van der Waals surface area contributed by atoms with Gasteiger partial charge in [0.05, 0.1) is 12.8 Å². The van der Waals surface area contributed by atoms with Crippen molar-refractivity contribution < 1.29 is 18.8 Å². The lowest BCUT2D eigenvalue weighted by molar-refractivity contribution is -0.143. The van der Waals surface area contributed by atoms with Gasteiger partial charge in [-0.05, 0) is 37.3 Å². The van der Waals surface area contributed by atoms with E-state index in [1.807, 2.05) is 4.90 Å². The molecular formula is C16H19N3O4. The topological polar surface area (TPSA) is 92.6 Å². The SMILES string of the molecule is O=C(O)[C@@H]1C[C@@H]2CCCC[C@@H]2N1Cc1nc(-c2ccco2)no1. The highest BCUT2D eigenvalue weighted by atomic mass is 16.5. The zero-order valence-corrected chi connectivity index (χ0v) is 12.7. The van der Waals surface area contributed by atoms with E-state index >= 15 is 0 Å². The highest BCUT2D eigenvalue weighted by Gasteiger charge is 2.45. The van der Waals surface area contributed by atoms with E-state index in [1.165, 1.54) is 6.42 Å². The first-order valence-electron chi connectivity index (χ1n) is 8.07. The van der Waals surface area contributed by atoms with E-state index in [0.717, 1.165) is 25.7 Å². The van der Waals surface area contributed by atoms with E-state index in [-0.39, 0.29) is 0 Å². The molecule has 3 atom stereocenters. The summed E-state index contributed by atoms with van der Waals surface area (Å²) in [6, 6.07) is 3.38. The molecule has 3 heterocycles. The second-order valence-electron chi connectivity index (χ2n) is 6.36. The smallest absolute Gasteiger partial charge is 0.320 e. The summed E-state index contributed by atoms with van der Waals surface area (Å²) in [6.45, 7) is 0.381. The molecule has 4 rings (SSSR count). The van der Waals surface area contributed by atoms with E-state index in [2.05, 4.69) is 10.1 Å². The molecule has 0 spiro atoms. The Balaban J connectivity index is 1.55. The Kier molecular flexibility index (Phi) is 3.65. The molecule has 1 aliphatic carbocycles. The van der Waals surface area contributed by atoms with Crippen LogP contribution in [0.25, 0.3) is 11.6 Å². The van der Waals surface area contributed by atoms with Crippen molar-refractivity contribution in [3.63, 3.8) is 0 Å². The van der Waals surface area contributed by atoms with Gasteiger partial charge in [0, 0.05) is 6.04 Å². The van der Waals surface area contributed by atoms with Crippen LogP contribution in [0.1, 0.15) is 38.0 Å². The molecule has 7 nitrogen and oxygen atoms in total. The first kappa shape index (κ1) is 14.4. The van der Waals surface area contributed by atoms with E-state index in [0.29, 0.717) is 36.0 Å².